The molecular formula is C12H14ClN3O2. The van der Waals surface area contributed by atoms with Gasteiger partial charge in [-0.25, -0.2) is 4.79 Å². The first-order valence-corrected chi connectivity index (χ1v) is 6.11. The summed E-state index contributed by atoms with van der Waals surface area (Å²) in [7, 11) is 0. The molecule has 5 nitrogen and oxygen atoms in total. The quantitative estimate of drug-likeness (QED) is 0.801. The number of urea groups is 1. The molecule has 1 aliphatic rings. The van der Waals surface area contributed by atoms with Gasteiger partial charge in [0.25, 0.3) is 5.91 Å². The molecule has 1 saturated heterocycles. The second-order valence-corrected chi connectivity index (χ2v) is 4.44. The monoisotopic (exact) mass is 267 g/mol. The van der Waals surface area contributed by atoms with Gasteiger partial charge in [-0.2, -0.15) is 0 Å². The Bertz CT molecular complexity index is 441. The highest BCUT2D eigenvalue weighted by atomic mass is 35.5. The first-order valence-electron chi connectivity index (χ1n) is 5.73. The van der Waals surface area contributed by atoms with Crippen LogP contribution in [0.25, 0.3) is 0 Å². The lowest BCUT2D eigenvalue weighted by Crippen LogP contribution is -2.51. The Morgan fingerprint density at radius 3 is 2.39 bits per heavy atom. The number of carbonyl (C=O) groups is 2. The molecule has 18 heavy (non-hydrogen) atoms. The number of hydrogen-bond donors (Lipinski definition) is 2. The molecule has 96 valence electrons. The van der Waals surface area contributed by atoms with Crippen LogP contribution in [0.15, 0.2) is 24.3 Å². The van der Waals surface area contributed by atoms with Gasteiger partial charge in [0, 0.05) is 36.8 Å². The predicted octanol–water partition coefficient (Wildman–Crippen LogP) is 1.10. The highest BCUT2D eigenvalue weighted by Crippen LogP contribution is 2.09. The highest BCUT2D eigenvalue weighted by Gasteiger charge is 2.18. The van der Waals surface area contributed by atoms with E-state index < -0.39 is 5.91 Å². The van der Waals surface area contributed by atoms with Crippen molar-refractivity contribution in [3.8, 4) is 0 Å². The van der Waals surface area contributed by atoms with Crippen LogP contribution in [0.4, 0.5) is 4.79 Å². The summed E-state index contributed by atoms with van der Waals surface area (Å²) >= 11 is 5.73. The summed E-state index contributed by atoms with van der Waals surface area (Å²) in [6, 6.07) is 6.06. The molecule has 6 heteroatoms. The molecule has 0 aromatic heterocycles. The third kappa shape index (κ3) is 3.21. The van der Waals surface area contributed by atoms with Gasteiger partial charge in [-0.1, -0.05) is 11.6 Å². The summed E-state index contributed by atoms with van der Waals surface area (Å²) in [4.78, 5) is 25.2. The van der Waals surface area contributed by atoms with E-state index in [4.69, 9.17) is 11.6 Å². The number of nitrogens with one attached hydrogen (secondary N) is 2. The molecule has 2 N–H and O–H groups in total. The largest absolute Gasteiger partial charge is 0.324 e. The third-order valence-corrected chi connectivity index (χ3v) is 2.98. The molecule has 0 bridgehead atoms. The van der Waals surface area contributed by atoms with E-state index in [1.807, 2.05) is 0 Å². The Labute approximate surface area is 110 Å². The van der Waals surface area contributed by atoms with Crippen LogP contribution in [0.1, 0.15) is 10.4 Å². The van der Waals surface area contributed by atoms with E-state index in [0.29, 0.717) is 23.7 Å². The van der Waals surface area contributed by atoms with Crippen LogP contribution >= 0.6 is 11.6 Å². The molecule has 0 atom stereocenters. The van der Waals surface area contributed by atoms with Crippen LogP contribution in [-0.2, 0) is 0 Å². The third-order valence-electron chi connectivity index (χ3n) is 2.73. The molecule has 1 aromatic rings. The number of carbonyl (C=O) groups excluding carboxylic acids is 2. The first-order chi connectivity index (χ1) is 8.66. The summed E-state index contributed by atoms with van der Waals surface area (Å²) in [6.45, 7) is 2.73. The van der Waals surface area contributed by atoms with Crippen LogP contribution in [0, 0.1) is 0 Å². The summed E-state index contributed by atoms with van der Waals surface area (Å²) in [5.74, 6) is -0.407. The van der Waals surface area contributed by atoms with Gasteiger partial charge in [0.2, 0.25) is 0 Å². The van der Waals surface area contributed by atoms with Crippen molar-refractivity contribution in [2.24, 2.45) is 0 Å². The van der Waals surface area contributed by atoms with Crippen molar-refractivity contribution in [2.45, 2.75) is 0 Å². The molecule has 1 aliphatic heterocycles. The van der Waals surface area contributed by atoms with Gasteiger partial charge in [0.05, 0.1) is 0 Å². The van der Waals surface area contributed by atoms with Crippen LogP contribution in [0.2, 0.25) is 5.02 Å². The molecule has 2 rings (SSSR count). The SMILES string of the molecule is O=C(NC(=O)N1CCNCC1)c1ccc(Cl)cc1. The summed E-state index contributed by atoms with van der Waals surface area (Å²) < 4.78 is 0. The lowest BCUT2D eigenvalue weighted by molar-refractivity contribution is 0.0950. The van der Waals surface area contributed by atoms with Gasteiger partial charge < -0.3 is 10.2 Å². The van der Waals surface area contributed by atoms with Crippen LogP contribution in [-0.4, -0.2) is 43.0 Å². The minimum Gasteiger partial charge on any atom is -0.322 e. The van der Waals surface area contributed by atoms with Crippen molar-refractivity contribution >= 4 is 23.5 Å². The molecule has 1 heterocycles. The Balaban J connectivity index is 1.94. The van der Waals surface area contributed by atoms with Gasteiger partial charge in [0.15, 0.2) is 0 Å². The number of benzene rings is 1. The van der Waals surface area contributed by atoms with Crippen LogP contribution < -0.4 is 10.6 Å². The van der Waals surface area contributed by atoms with E-state index in [1.54, 1.807) is 29.2 Å². The number of rotatable bonds is 1. The fourth-order valence-electron chi connectivity index (χ4n) is 1.72. The molecule has 0 spiro atoms. The van der Waals surface area contributed by atoms with Crippen molar-refractivity contribution in [2.75, 3.05) is 26.2 Å². The second-order valence-electron chi connectivity index (χ2n) is 4.00. The standard InChI is InChI=1S/C12H14ClN3O2/c13-10-3-1-9(2-4-10)11(17)15-12(18)16-7-5-14-6-8-16/h1-4,14H,5-8H2,(H,15,17,18). The fourth-order valence-corrected chi connectivity index (χ4v) is 1.84. The number of piperazine rings is 1. The molecule has 3 amide bonds. The first kappa shape index (κ1) is 12.9. The van der Waals surface area contributed by atoms with Gasteiger partial charge >= 0.3 is 6.03 Å². The van der Waals surface area contributed by atoms with Crippen LogP contribution in [0.3, 0.4) is 0 Å². The molecule has 1 fully saturated rings. The van der Waals surface area contributed by atoms with Gasteiger partial charge in [-0.05, 0) is 24.3 Å². The maximum absolute atomic E-state index is 11.8. The second kappa shape index (κ2) is 5.84. The van der Waals surface area contributed by atoms with E-state index in [0.717, 1.165) is 13.1 Å². The van der Waals surface area contributed by atoms with Crippen LogP contribution in [0.5, 0.6) is 0 Å². The van der Waals surface area contributed by atoms with E-state index in [9.17, 15) is 9.59 Å². The zero-order valence-electron chi connectivity index (χ0n) is 9.78. The van der Waals surface area contributed by atoms with Crippen molar-refractivity contribution in [3.63, 3.8) is 0 Å². The predicted molar refractivity (Wildman–Crippen MR) is 68.8 cm³/mol. The summed E-state index contributed by atoms with van der Waals surface area (Å²) in [6.07, 6.45) is 0. The zero-order chi connectivity index (χ0) is 13.0. The average molecular weight is 268 g/mol. The number of halogens is 1. The summed E-state index contributed by atoms with van der Waals surface area (Å²) in [5.41, 5.74) is 0.419. The lowest BCUT2D eigenvalue weighted by Gasteiger charge is -2.27. The molecule has 1 aromatic carbocycles. The molecule has 0 radical (unpaired) electrons. The van der Waals surface area contributed by atoms with Crippen molar-refractivity contribution < 1.29 is 9.59 Å². The Hall–Kier alpha value is -1.59. The highest BCUT2D eigenvalue weighted by molar-refractivity contribution is 6.30. The molecule has 0 saturated carbocycles. The normalized spacial score (nSPS) is 15.3. The van der Waals surface area contributed by atoms with E-state index >= 15 is 0 Å². The minimum atomic E-state index is -0.407. The lowest BCUT2D eigenvalue weighted by atomic mass is 10.2. The van der Waals surface area contributed by atoms with Gasteiger partial charge in [0.1, 0.15) is 0 Å². The minimum absolute atomic E-state index is 0.351. The average Bonchev–Trinajstić information content (AvgIpc) is 2.40. The van der Waals surface area contributed by atoms with Crippen molar-refractivity contribution in [3.05, 3.63) is 34.9 Å². The van der Waals surface area contributed by atoms with Crippen molar-refractivity contribution in [1.82, 2.24) is 15.5 Å². The van der Waals surface area contributed by atoms with Gasteiger partial charge in [-0.15, -0.1) is 0 Å². The number of hydrogen-bond acceptors (Lipinski definition) is 3. The Morgan fingerprint density at radius 2 is 1.78 bits per heavy atom. The number of nitrogens with zero attached hydrogens (tertiary/aromatic N) is 1. The summed E-state index contributed by atoms with van der Waals surface area (Å²) in [5, 5.41) is 6.06. The fraction of sp³-hybridized carbons (Fsp3) is 0.333. The smallest absolute Gasteiger partial charge is 0.322 e. The van der Waals surface area contributed by atoms with E-state index in [2.05, 4.69) is 10.6 Å². The maximum Gasteiger partial charge on any atom is 0.324 e. The number of imide groups is 1. The topological polar surface area (TPSA) is 61.4 Å². The molecule has 0 unspecified atom stereocenters. The Kier molecular flexibility index (Phi) is 4.17. The van der Waals surface area contributed by atoms with E-state index in [1.165, 1.54) is 0 Å². The Morgan fingerprint density at radius 1 is 1.17 bits per heavy atom. The molecule has 0 aliphatic carbocycles. The molecular weight excluding hydrogens is 254 g/mol. The zero-order valence-corrected chi connectivity index (χ0v) is 10.5. The van der Waals surface area contributed by atoms with Crippen molar-refractivity contribution in [1.29, 1.82) is 0 Å². The number of amides is 3. The van der Waals surface area contributed by atoms with E-state index in [-0.39, 0.29) is 6.03 Å². The maximum atomic E-state index is 11.8. The van der Waals surface area contributed by atoms with Gasteiger partial charge in [-0.3, -0.25) is 10.1 Å².